The van der Waals surface area contributed by atoms with Crippen molar-refractivity contribution < 1.29 is 0 Å². The Morgan fingerprint density at radius 1 is 1.18 bits per heavy atom. The maximum absolute atomic E-state index is 4.07. The number of rotatable bonds is 0. The molecule has 0 aliphatic heterocycles. The van der Waals surface area contributed by atoms with Crippen molar-refractivity contribution in [2.45, 2.75) is 6.92 Å². The molecule has 0 saturated heterocycles. The van der Waals surface area contributed by atoms with E-state index in [1.807, 2.05) is 19.1 Å². The van der Waals surface area contributed by atoms with Crippen LogP contribution >= 0.6 is 0 Å². The van der Waals surface area contributed by atoms with Gasteiger partial charge in [-0.15, -0.1) is 5.10 Å². The van der Waals surface area contributed by atoms with Gasteiger partial charge in [0.15, 0.2) is 5.65 Å². The smallest absolute Gasteiger partial charge is 0.181 e. The van der Waals surface area contributed by atoms with E-state index in [0.29, 0.717) is 5.65 Å². The van der Waals surface area contributed by atoms with Gasteiger partial charge in [0.05, 0.1) is 6.20 Å². The molecule has 2 heterocycles. The van der Waals surface area contributed by atoms with Crippen molar-refractivity contribution in [1.82, 2.24) is 15.2 Å². The Morgan fingerprint density at radius 2 is 2.09 bits per heavy atom. The van der Waals surface area contributed by atoms with Crippen LogP contribution in [0.5, 0.6) is 0 Å². The van der Waals surface area contributed by atoms with Gasteiger partial charge in [-0.25, -0.2) is 4.98 Å². The average Bonchev–Trinajstić information content (AvgIpc) is 2.06. The highest BCUT2D eigenvalue weighted by Gasteiger charge is 1.95. The van der Waals surface area contributed by atoms with E-state index in [9.17, 15) is 0 Å². The van der Waals surface area contributed by atoms with Gasteiger partial charge in [-0.3, -0.25) is 0 Å². The Morgan fingerprint density at radius 3 is 2.91 bits per heavy atom. The van der Waals surface area contributed by atoms with E-state index < -0.39 is 0 Å². The fraction of sp³-hybridized carbons (Fsp3) is 0.125. The van der Waals surface area contributed by atoms with Crippen LogP contribution in [0.25, 0.3) is 11.0 Å². The highest BCUT2D eigenvalue weighted by Crippen LogP contribution is 2.10. The van der Waals surface area contributed by atoms with Crippen molar-refractivity contribution in [1.29, 1.82) is 0 Å². The lowest BCUT2D eigenvalue weighted by molar-refractivity contribution is 1.05. The Kier molecular flexibility index (Phi) is 1.28. The molecule has 11 heavy (non-hydrogen) atoms. The maximum Gasteiger partial charge on any atom is 0.181 e. The minimum atomic E-state index is 0.715. The summed E-state index contributed by atoms with van der Waals surface area (Å²) in [7, 11) is 0. The van der Waals surface area contributed by atoms with E-state index in [2.05, 4.69) is 15.2 Å². The van der Waals surface area contributed by atoms with Gasteiger partial charge < -0.3 is 0 Å². The first-order valence-corrected chi connectivity index (χ1v) is 3.41. The summed E-state index contributed by atoms with van der Waals surface area (Å²) in [5.74, 6) is 0. The minimum absolute atomic E-state index is 0.715. The second-order valence-corrected chi connectivity index (χ2v) is 2.40. The van der Waals surface area contributed by atoms with Crippen LogP contribution in [-0.2, 0) is 0 Å². The molecule has 0 amide bonds. The van der Waals surface area contributed by atoms with Gasteiger partial charge in [-0.05, 0) is 24.6 Å². The van der Waals surface area contributed by atoms with Crippen molar-refractivity contribution in [3.05, 3.63) is 30.1 Å². The fourth-order valence-corrected chi connectivity index (χ4v) is 1.04. The molecule has 0 aliphatic rings. The average molecular weight is 145 g/mol. The maximum atomic E-state index is 4.07. The van der Waals surface area contributed by atoms with E-state index >= 15 is 0 Å². The topological polar surface area (TPSA) is 38.7 Å². The van der Waals surface area contributed by atoms with Crippen LogP contribution in [0.15, 0.2) is 24.5 Å². The zero-order chi connectivity index (χ0) is 7.68. The number of pyridine rings is 1. The Balaban J connectivity index is 2.91. The molecule has 0 unspecified atom stereocenters. The van der Waals surface area contributed by atoms with E-state index in [1.165, 1.54) is 5.56 Å². The Bertz CT molecular complexity index is 378. The number of fused-ring (bicyclic) bond motifs is 1. The summed E-state index contributed by atoms with van der Waals surface area (Å²) in [4.78, 5) is 4.07. The third kappa shape index (κ3) is 0.941. The SMILES string of the molecule is Cc1ccnc2nnccc12. The third-order valence-electron chi connectivity index (χ3n) is 1.65. The van der Waals surface area contributed by atoms with Gasteiger partial charge in [0.2, 0.25) is 0 Å². The van der Waals surface area contributed by atoms with E-state index in [4.69, 9.17) is 0 Å². The first kappa shape index (κ1) is 6.22. The number of aromatic nitrogens is 3. The monoisotopic (exact) mass is 145 g/mol. The molecule has 2 aromatic heterocycles. The summed E-state index contributed by atoms with van der Waals surface area (Å²) in [6.45, 7) is 2.03. The van der Waals surface area contributed by atoms with Crippen LogP contribution in [0.4, 0.5) is 0 Å². The lowest BCUT2D eigenvalue weighted by Crippen LogP contribution is -1.87. The summed E-state index contributed by atoms with van der Waals surface area (Å²) in [5.41, 5.74) is 1.90. The number of nitrogens with zero attached hydrogens (tertiary/aromatic N) is 3. The van der Waals surface area contributed by atoms with Crippen molar-refractivity contribution >= 4 is 11.0 Å². The fourth-order valence-electron chi connectivity index (χ4n) is 1.04. The molecule has 0 bridgehead atoms. The van der Waals surface area contributed by atoms with Crippen molar-refractivity contribution in [3.8, 4) is 0 Å². The minimum Gasteiger partial charge on any atom is -0.235 e. The predicted octanol–water partition coefficient (Wildman–Crippen LogP) is 1.33. The highest BCUT2D eigenvalue weighted by atomic mass is 15.1. The standard InChI is InChI=1S/C8H7N3/c1-6-2-4-9-8-7(6)3-5-10-11-8/h2-5H,1H3. The molecule has 3 heteroatoms. The van der Waals surface area contributed by atoms with Crippen molar-refractivity contribution in [2.24, 2.45) is 0 Å². The quantitative estimate of drug-likeness (QED) is 0.561. The highest BCUT2D eigenvalue weighted by molar-refractivity contribution is 5.77. The molecule has 2 aromatic rings. The van der Waals surface area contributed by atoms with Gasteiger partial charge in [0, 0.05) is 11.6 Å². The van der Waals surface area contributed by atoms with Gasteiger partial charge >= 0.3 is 0 Å². The van der Waals surface area contributed by atoms with Gasteiger partial charge in [-0.2, -0.15) is 5.10 Å². The summed E-state index contributed by atoms with van der Waals surface area (Å²) >= 11 is 0. The van der Waals surface area contributed by atoms with Gasteiger partial charge in [0.25, 0.3) is 0 Å². The summed E-state index contributed by atoms with van der Waals surface area (Å²) in [5, 5.41) is 8.69. The molecule has 0 N–H and O–H groups in total. The molecule has 0 saturated carbocycles. The van der Waals surface area contributed by atoms with Crippen LogP contribution in [0, 0.1) is 6.92 Å². The molecule has 0 aliphatic carbocycles. The molecule has 0 aromatic carbocycles. The third-order valence-corrected chi connectivity index (χ3v) is 1.65. The molecule has 3 nitrogen and oxygen atoms in total. The Labute approximate surface area is 64.1 Å². The van der Waals surface area contributed by atoms with E-state index in [1.54, 1.807) is 12.4 Å². The van der Waals surface area contributed by atoms with Gasteiger partial charge in [-0.1, -0.05) is 0 Å². The summed E-state index contributed by atoms with van der Waals surface area (Å²) < 4.78 is 0. The van der Waals surface area contributed by atoms with Crippen LogP contribution < -0.4 is 0 Å². The number of hydrogen-bond acceptors (Lipinski definition) is 3. The normalized spacial score (nSPS) is 10.3. The van der Waals surface area contributed by atoms with Crippen molar-refractivity contribution in [2.75, 3.05) is 0 Å². The first-order valence-electron chi connectivity index (χ1n) is 3.41. The first-order chi connectivity index (χ1) is 5.38. The second-order valence-electron chi connectivity index (χ2n) is 2.40. The molecular formula is C8H7N3. The van der Waals surface area contributed by atoms with Crippen molar-refractivity contribution in [3.63, 3.8) is 0 Å². The zero-order valence-corrected chi connectivity index (χ0v) is 6.15. The number of aryl methyl sites for hydroxylation is 1. The lowest BCUT2D eigenvalue weighted by atomic mass is 10.2. The van der Waals surface area contributed by atoms with E-state index in [0.717, 1.165) is 5.39 Å². The zero-order valence-electron chi connectivity index (χ0n) is 6.15. The lowest BCUT2D eigenvalue weighted by Gasteiger charge is -1.96. The molecule has 0 fully saturated rings. The van der Waals surface area contributed by atoms with Gasteiger partial charge in [0.1, 0.15) is 0 Å². The Hall–Kier alpha value is -1.51. The predicted molar refractivity (Wildman–Crippen MR) is 42.1 cm³/mol. The second kappa shape index (κ2) is 2.27. The van der Waals surface area contributed by atoms with Crippen LogP contribution in [0.3, 0.4) is 0 Å². The molecule has 0 spiro atoms. The largest absolute Gasteiger partial charge is 0.235 e. The molecular weight excluding hydrogens is 138 g/mol. The molecule has 0 radical (unpaired) electrons. The number of hydrogen-bond donors (Lipinski definition) is 0. The summed E-state index contributed by atoms with van der Waals surface area (Å²) in [6.07, 6.45) is 3.42. The molecule has 54 valence electrons. The van der Waals surface area contributed by atoms with E-state index in [-0.39, 0.29) is 0 Å². The van der Waals surface area contributed by atoms with Crippen LogP contribution in [-0.4, -0.2) is 15.2 Å². The van der Waals surface area contributed by atoms with Crippen LogP contribution in [0.1, 0.15) is 5.56 Å². The molecule has 0 atom stereocenters. The van der Waals surface area contributed by atoms with Crippen LogP contribution in [0.2, 0.25) is 0 Å². The summed E-state index contributed by atoms with van der Waals surface area (Å²) in [6, 6.07) is 3.88. The molecule has 2 rings (SSSR count).